The molecule has 88 valence electrons. The molecule has 0 bridgehead atoms. The predicted molar refractivity (Wildman–Crippen MR) is 72.4 cm³/mol. The molecule has 0 saturated heterocycles. The Morgan fingerprint density at radius 1 is 1.50 bits per heavy atom. The topological polar surface area (TPSA) is 44.5 Å². The van der Waals surface area contributed by atoms with E-state index in [1.807, 2.05) is 13.0 Å². The van der Waals surface area contributed by atoms with Crippen molar-refractivity contribution >= 4 is 33.1 Å². The van der Waals surface area contributed by atoms with Gasteiger partial charge in [-0.05, 0) is 34.5 Å². The second-order valence-corrected chi connectivity index (χ2v) is 4.50. The summed E-state index contributed by atoms with van der Waals surface area (Å²) < 4.78 is 11.6. The van der Waals surface area contributed by atoms with Crippen molar-refractivity contribution in [2.45, 2.75) is 13.3 Å². The SMILES string of the molecule is CCCOc1c(Br)cc(C(N)=S)cc1OC. The van der Waals surface area contributed by atoms with Crippen LogP contribution in [0.15, 0.2) is 16.6 Å². The maximum atomic E-state index is 5.59. The molecular weight excluding hydrogens is 290 g/mol. The number of thiocarbonyl (C=S) groups is 1. The smallest absolute Gasteiger partial charge is 0.175 e. The number of ether oxygens (including phenoxy) is 2. The lowest BCUT2D eigenvalue weighted by Gasteiger charge is -2.13. The van der Waals surface area contributed by atoms with E-state index >= 15 is 0 Å². The summed E-state index contributed by atoms with van der Waals surface area (Å²) in [4.78, 5) is 0.334. The minimum Gasteiger partial charge on any atom is -0.493 e. The van der Waals surface area contributed by atoms with Crippen LogP contribution in [0.1, 0.15) is 18.9 Å². The van der Waals surface area contributed by atoms with Gasteiger partial charge in [0, 0.05) is 5.56 Å². The number of benzene rings is 1. The van der Waals surface area contributed by atoms with Gasteiger partial charge in [-0.1, -0.05) is 19.1 Å². The Kier molecular flexibility index (Phi) is 5.02. The molecular formula is C11H14BrNO2S. The Balaban J connectivity index is 3.12. The summed E-state index contributed by atoms with van der Waals surface area (Å²) in [5.41, 5.74) is 6.32. The van der Waals surface area contributed by atoms with E-state index in [-0.39, 0.29) is 0 Å². The molecule has 0 spiro atoms. The summed E-state index contributed by atoms with van der Waals surface area (Å²) in [5.74, 6) is 1.31. The van der Waals surface area contributed by atoms with Crippen LogP contribution in [0.2, 0.25) is 0 Å². The third-order valence-corrected chi connectivity index (χ3v) is 2.79. The highest BCUT2D eigenvalue weighted by atomic mass is 79.9. The molecule has 1 aromatic rings. The fourth-order valence-corrected chi connectivity index (χ4v) is 1.88. The number of nitrogens with two attached hydrogens (primary N) is 1. The molecule has 0 atom stereocenters. The van der Waals surface area contributed by atoms with Gasteiger partial charge in [0.2, 0.25) is 0 Å². The summed E-state index contributed by atoms with van der Waals surface area (Å²) in [6.07, 6.45) is 0.937. The van der Waals surface area contributed by atoms with Crippen molar-refractivity contribution in [3.05, 3.63) is 22.2 Å². The van der Waals surface area contributed by atoms with Crippen LogP contribution < -0.4 is 15.2 Å². The van der Waals surface area contributed by atoms with Crippen LogP contribution in [-0.4, -0.2) is 18.7 Å². The lowest BCUT2D eigenvalue weighted by molar-refractivity contribution is 0.292. The molecule has 16 heavy (non-hydrogen) atoms. The molecule has 1 rings (SSSR count). The maximum Gasteiger partial charge on any atom is 0.175 e. The summed E-state index contributed by atoms with van der Waals surface area (Å²) in [6, 6.07) is 3.61. The van der Waals surface area contributed by atoms with Crippen molar-refractivity contribution in [1.29, 1.82) is 0 Å². The fourth-order valence-electron chi connectivity index (χ4n) is 1.21. The third kappa shape index (κ3) is 3.09. The molecule has 0 saturated carbocycles. The van der Waals surface area contributed by atoms with Crippen LogP contribution in [0.5, 0.6) is 11.5 Å². The van der Waals surface area contributed by atoms with E-state index in [1.54, 1.807) is 13.2 Å². The number of methoxy groups -OCH3 is 1. The predicted octanol–water partition coefficient (Wildman–Crippen LogP) is 2.88. The van der Waals surface area contributed by atoms with Crippen LogP contribution in [0.25, 0.3) is 0 Å². The summed E-state index contributed by atoms with van der Waals surface area (Å²) >= 11 is 8.34. The van der Waals surface area contributed by atoms with E-state index in [2.05, 4.69) is 15.9 Å². The van der Waals surface area contributed by atoms with E-state index in [9.17, 15) is 0 Å². The molecule has 0 unspecified atom stereocenters. The first-order valence-electron chi connectivity index (χ1n) is 4.90. The van der Waals surface area contributed by atoms with Gasteiger partial charge in [0.15, 0.2) is 11.5 Å². The quantitative estimate of drug-likeness (QED) is 0.850. The molecule has 0 fully saturated rings. The number of halogens is 1. The zero-order valence-corrected chi connectivity index (χ0v) is 11.7. The average Bonchev–Trinajstić information content (AvgIpc) is 2.26. The molecule has 1 aromatic carbocycles. The number of hydrogen-bond donors (Lipinski definition) is 1. The fraction of sp³-hybridized carbons (Fsp3) is 0.364. The standard InChI is InChI=1S/C11H14BrNO2S/c1-3-4-15-10-8(12)5-7(11(13)16)6-9(10)14-2/h5-6H,3-4H2,1-2H3,(H2,13,16). The van der Waals surface area contributed by atoms with Crippen LogP contribution in [0.3, 0.4) is 0 Å². The molecule has 0 amide bonds. The molecule has 0 aliphatic rings. The van der Waals surface area contributed by atoms with Crippen LogP contribution >= 0.6 is 28.1 Å². The first-order chi connectivity index (χ1) is 7.60. The summed E-state index contributed by atoms with van der Waals surface area (Å²) in [5, 5.41) is 0. The highest BCUT2D eigenvalue weighted by Crippen LogP contribution is 2.36. The van der Waals surface area contributed by atoms with Gasteiger partial charge in [0.25, 0.3) is 0 Å². The Morgan fingerprint density at radius 2 is 2.19 bits per heavy atom. The highest BCUT2D eigenvalue weighted by Gasteiger charge is 2.12. The minimum atomic E-state index is 0.334. The molecule has 0 aliphatic carbocycles. The second-order valence-electron chi connectivity index (χ2n) is 3.20. The van der Waals surface area contributed by atoms with Crippen LogP contribution in [-0.2, 0) is 0 Å². The Morgan fingerprint density at radius 3 is 2.69 bits per heavy atom. The van der Waals surface area contributed by atoms with E-state index in [0.29, 0.717) is 23.1 Å². The van der Waals surface area contributed by atoms with E-state index in [4.69, 9.17) is 27.4 Å². The van der Waals surface area contributed by atoms with Crippen molar-refractivity contribution in [3.8, 4) is 11.5 Å². The van der Waals surface area contributed by atoms with Crippen LogP contribution in [0, 0.1) is 0 Å². The minimum absolute atomic E-state index is 0.334. The lowest BCUT2D eigenvalue weighted by Crippen LogP contribution is -2.10. The lowest BCUT2D eigenvalue weighted by atomic mass is 10.2. The summed E-state index contributed by atoms with van der Waals surface area (Å²) in [6.45, 7) is 2.69. The van der Waals surface area contributed by atoms with E-state index < -0.39 is 0 Å². The van der Waals surface area contributed by atoms with Gasteiger partial charge in [-0.2, -0.15) is 0 Å². The number of rotatable bonds is 5. The van der Waals surface area contributed by atoms with Gasteiger partial charge >= 0.3 is 0 Å². The molecule has 0 radical (unpaired) electrons. The Hall–Kier alpha value is -0.810. The maximum absolute atomic E-state index is 5.59. The van der Waals surface area contributed by atoms with E-state index in [1.165, 1.54) is 0 Å². The van der Waals surface area contributed by atoms with Gasteiger partial charge < -0.3 is 15.2 Å². The van der Waals surface area contributed by atoms with Gasteiger partial charge in [0.05, 0.1) is 18.2 Å². The molecule has 0 heterocycles. The van der Waals surface area contributed by atoms with Gasteiger partial charge in [0.1, 0.15) is 4.99 Å². The van der Waals surface area contributed by atoms with Crippen molar-refractivity contribution in [3.63, 3.8) is 0 Å². The highest BCUT2D eigenvalue weighted by molar-refractivity contribution is 9.10. The molecule has 5 heteroatoms. The molecule has 3 nitrogen and oxygen atoms in total. The summed E-state index contributed by atoms with van der Waals surface area (Å²) in [7, 11) is 1.59. The monoisotopic (exact) mass is 303 g/mol. The zero-order chi connectivity index (χ0) is 12.1. The number of hydrogen-bond acceptors (Lipinski definition) is 3. The average molecular weight is 304 g/mol. The van der Waals surface area contributed by atoms with Crippen molar-refractivity contribution in [1.82, 2.24) is 0 Å². The largest absolute Gasteiger partial charge is 0.493 e. The molecule has 2 N–H and O–H groups in total. The van der Waals surface area contributed by atoms with Crippen LogP contribution in [0.4, 0.5) is 0 Å². The van der Waals surface area contributed by atoms with E-state index in [0.717, 1.165) is 16.5 Å². The Labute approximate surface area is 109 Å². The molecule has 0 aliphatic heterocycles. The van der Waals surface area contributed by atoms with Gasteiger partial charge in [-0.25, -0.2) is 0 Å². The molecule has 0 aromatic heterocycles. The van der Waals surface area contributed by atoms with Gasteiger partial charge in [-0.3, -0.25) is 0 Å². The van der Waals surface area contributed by atoms with Crippen molar-refractivity contribution in [2.24, 2.45) is 5.73 Å². The first-order valence-corrected chi connectivity index (χ1v) is 6.10. The Bertz CT molecular complexity index is 396. The van der Waals surface area contributed by atoms with Gasteiger partial charge in [-0.15, -0.1) is 0 Å². The second kappa shape index (κ2) is 6.06. The van der Waals surface area contributed by atoms with Crippen molar-refractivity contribution < 1.29 is 9.47 Å². The van der Waals surface area contributed by atoms with Crippen molar-refractivity contribution in [2.75, 3.05) is 13.7 Å². The third-order valence-electron chi connectivity index (χ3n) is 1.96. The zero-order valence-electron chi connectivity index (χ0n) is 9.25. The first kappa shape index (κ1) is 13.3. The normalized spacial score (nSPS) is 9.94.